The Bertz CT molecular complexity index is 372. The summed E-state index contributed by atoms with van der Waals surface area (Å²) in [6, 6.07) is 7.30. The van der Waals surface area contributed by atoms with Gasteiger partial charge in [0.25, 0.3) is 0 Å². The second-order valence-electron chi connectivity index (χ2n) is 4.83. The van der Waals surface area contributed by atoms with Gasteiger partial charge in [-0.1, -0.05) is 0 Å². The Morgan fingerprint density at radius 1 is 1.28 bits per heavy atom. The number of halogens is 1. The van der Waals surface area contributed by atoms with E-state index in [0.29, 0.717) is 13.0 Å². The van der Waals surface area contributed by atoms with Gasteiger partial charge in [-0.25, -0.2) is 0 Å². The first-order chi connectivity index (χ1) is 7.90. The van der Waals surface area contributed by atoms with Gasteiger partial charge in [-0.3, -0.25) is 4.79 Å². The minimum atomic E-state index is -0.218. The van der Waals surface area contributed by atoms with Crippen molar-refractivity contribution in [3.8, 4) is 5.75 Å². The van der Waals surface area contributed by atoms with Gasteiger partial charge < -0.3 is 15.8 Å². The highest BCUT2D eigenvalue weighted by Gasteiger charge is 2.11. The van der Waals surface area contributed by atoms with Gasteiger partial charge in [0.15, 0.2) is 0 Å². The number of hydrogen-bond acceptors (Lipinski definition) is 3. The van der Waals surface area contributed by atoms with Gasteiger partial charge in [0.05, 0.1) is 0 Å². The summed E-state index contributed by atoms with van der Waals surface area (Å²) in [6.45, 7) is 6.33. The van der Waals surface area contributed by atoms with Crippen molar-refractivity contribution < 1.29 is 9.53 Å². The maximum Gasteiger partial charge on any atom is 0.225 e. The van der Waals surface area contributed by atoms with Crippen LogP contribution >= 0.6 is 12.4 Å². The van der Waals surface area contributed by atoms with E-state index in [-0.39, 0.29) is 23.9 Å². The zero-order valence-electron chi connectivity index (χ0n) is 11.0. The zero-order valence-corrected chi connectivity index (χ0v) is 11.8. The van der Waals surface area contributed by atoms with Crippen molar-refractivity contribution >= 4 is 24.0 Å². The van der Waals surface area contributed by atoms with Crippen molar-refractivity contribution in [1.82, 2.24) is 0 Å². The Hall–Kier alpha value is -1.26. The molecule has 0 aliphatic rings. The molecule has 0 aliphatic carbocycles. The third kappa shape index (κ3) is 6.47. The highest BCUT2D eigenvalue weighted by atomic mass is 35.5. The van der Waals surface area contributed by atoms with Crippen LogP contribution in [0.5, 0.6) is 5.75 Å². The molecule has 3 N–H and O–H groups in total. The molecule has 0 bridgehead atoms. The minimum absolute atomic E-state index is 0. The molecule has 102 valence electrons. The summed E-state index contributed by atoms with van der Waals surface area (Å²) in [4.78, 5) is 11.3. The van der Waals surface area contributed by atoms with E-state index in [1.807, 2.05) is 45.0 Å². The highest BCUT2D eigenvalue weighted by molar-refractivity contribution is 5.90. The molecule has 0 fully saturated rings. The number of amides is 1. The summed E-state index contributed by atoms with van der Waals surface area (Å²) < 4.78 is 5.68. The van der Waals surface area contributed by atoms with Crippen LogP contribution in [0, 0.1) is 0 Å². The number of ether oxygens (including phenoxy) is 1. The maximum absolute atomic E-state index is 11.3. The number of nitrogens with two attached hydrogens (primary N) is 1. The Morgan fingerprint density at radius 2 is 1.83 bits per heavy atom. The van der Waals surface area contributed by atoms with Crippen LogP contribution in [0.4, 0.5) is 5.69 Å². The molecule has 0 unspecified atom stereocenters. The normalized spacial score (nSPS) is 10.4. The first-order valence-corrected chi connectivity index (χ1v) is 5.70. The molecule has 0 heterocycles. The minimum Gasteiger partial charge on any atom is -0.488 e. The summed E-state index contributed by atoms with van der Waals surface area (Å²) in [5.41, 5.74) is 5.83. The van der Waals surface area contributed by atoms with E-state index < -0.39 is 0 Å². The highest BCUT2D eigenvalue weighted by Crippen LogP contribution is 2.20. The topological polar surface area (TPSA) is 64.3 Å². The number of nitrogens with one attached hydrogen (secondary N) is 1. The Morgan fingerprint density at radius 3 is 2.28 bits per heavy atom. The lowest BCUT2D eigenvalue weighted by Crippen LogP contribution is -2.22. The number of benzene rings is 1. The van der Waals surface area contributed by atoms with Crippen LogP contribution in [0.15, 0.2) is 24.3 Å². The van der Waals surface area contributed by atoms with Gasteiger partial charge in [0.1, 0.15) is 11.4 Å². The summed E-state index contributed by atoms with van der Waals surface area (Å²) in [6.07, 6.45) is 0.334. The predicted octanol–water partition coefficient (Wildman–Crippen LogP) is 2.57. The van der Waals surface area contributed by atoms with Gasteiger partial charge >= 0.3 is 0 Å². The quantitative estimate of drug-likeness (QED) is 0.885. The molecule has 0 radical (unpaired) electrons. The zero-order chi connectivity index (χ0) is 12.9. The van der Waals surface area contributed by atoms with Crippen molar-refractivity contribution in [2.24, 2.45) is 5.73 Å². The van der Waals surface area contributed by atoms with Crippen molar-refractivity contribution in [3.63, 3.8) is 0 Å². The lowest BCUT2D eigenvalue weighted by molar-refractivity contribution is -0.116. The molecule has 4 nitrogen and oxygen atoms in total. The number of anilines is 1. The van der Waals surface area contributed by atoms with E-state index in [9.17, 15) is 4.79 Å². The largest absolute Gasteiger partial charge is 0.488 e. The molecular formula is C13H21ClN2O2. The molecule has 1 aromatic rings. The van der Waals surface area contributed by atoms with Crippen LogP contribution in [0.2, 0.25) is 0 Å². The second-order valence-corrected chi connectivity index (χ2v) is 4.83. The number of rotatable bonds is 4. The van der Waals surface area contributed by atoms with Gasteiger partial charge in [0, 0.05) is 18.7 Å². The molecule has 0 spiro atoms. The van der Waals surface area contributed by atoms with Crippen LogP contribution < -0.4 is 15.8 Å². The first kappa shape index (κ1) is 16.7. The van der Waals surface area contributed by atoms with E-state index in [0.717, 1.165) is 11.4 Å². The summed E-state index contributed by atoms with van der Waals surface area (Å²) in [5, 5.41) is 2.76. The van der Waals surface area contributed by atoms with Crippen LogP contribution in [0.3, 0.4) is 0 Å². The summed E-state index contributed by atoms with van der Waals surface area (Å²) in [7, 11) is 0. The number of hydrogen-bond donors (Lipinski definition) is 2. The van der Waals surface area contributed by atoms with Crippen molar-refractivity contribution in [3.05, 3.63) is 24.3 Å². The van der Waals surface area contributed by atoms with Crippen LogP contribution in [0.25, 0.3) is 0 Å². The SMILES string of the molecule is CC(C)(C)Oc1ccc(NC(=O)CCN)cc1.Cl. The Kier molecular flexibility index (Phi) is 6.73. The van der Waals surface area contributed by atoms with Crippen molar-refractivity contribution in [2.45, 2.75) is 32.8 Å². The molecule has 0 saturated carbocycles. The van der Waals surface area contributed by atoms with Crippen LogP contribution in [-0.4, -0.2) is 18.1 Å². The maximum atomic E-state index is 11.3. The molecule has 1 aromatic carbocycles. The molecule has 5 heteroatoms. The van der Waals surface area contributed by atoms with E-state index in [1.165, 1.54) is 0 Å². The molecule has 0 aromatic heterocycles. The van der Waals surface area contributed by atoms with Crippen molar-refractivity contribution in [1.29, 1.82) is 0 Å². The van der Waals surface area contributed by atoms with E-state index in [1.54, 1.807) is 0 Å². The molecule has 18 heavy (non-hydrogen) atoms. The van der Waals surface area contributed by atoms with E-state index in [4.69, 9.17) is 10.5 Å². The van der Waals surface area contributed by atoms with Gasteiger partial charge in [-0.05, 0) is 45.0 Å². The molecule has 1 amide bonds. The van der Waals surface area contributed by atoms with Crippen LogP contribution in [-0.2, 0) is 4.79 Å². The van der Waals surface area contributed by atoms with Crippen molar-refractivity contribution in [2.75, 3.05) is 11.9 Å². The lowest BCUT2D eigenvalue weighted by Gasteiger charge is -2.21. The lowest BCUT2D eigenvalue weighted by atomic mass is 10.2. The fourth-order valence-corrected chi connectivity index (χ4v) is 1.31. The molecular weight excluding hydrogens is 252 g/mol. The van der Waals surface area contributed by atoms with Crippen LogP contribution in [0.1, 0.15) is 27.2 Å². The number of carbonyl (C=O) groups excluding carboxylic acids is 1. The van der Waals surface area contributed by atoms with E-state index in [2.05, 4.69) is 5.32 Å². The number of carbonyl (C=O) groups is 1. The molecule has 0 atom stereocenters. The fraction of sp³-hybridized carbons (Fsp3) is 0.462. The third-order valence-corrected chi connectivity index (χ3v) is 1.93. The van der Waals surface area contributed by atoms with Gasteiger partial charge in [0.2, 0.25) is 5.91 Å². The second kappa shape index (κ2) is 7.24. The monoisotopic (exact) mass is 272 g/mol. The Balaban J connectivity index is 0.00000289. The predicted molar refractivity (Wildman–Crippen MR) is 76.4 cm³/mol. The fourth-order valence-electron chi connectivity index (χ4n) is 1.31. The van der Waals surface area contributed by atoms with Gasteiger partial charge in [-0.2, -0.15) is 0 Å². The molecule has 0 saturated heterocycles. The summed E-state index contributed by atoms with van der Waals surface area (Å²) in [5.74, 6) is 0.714. The Labute approximate surface area is 114 Å². The van der Waals surface area contributed by atoms with Gasteiger partial charge in [-0.15, -0.1) is 12.4 Å². The summed E-state index contributed by atoms with van der Waals surface area (Å²) >= 11 is 0. The average molecular weight is 273 g/mol. The van der Waals surface area contributed by atoms with E-state index >= 15 is 0 Å². The third-order valence-electron chi connectivity index (χ3n) is 1.93. The smallest absolute Gasteiger partial charge is 0.225 e. The average Bonchev–Trinajstić information content (AvgIpc) is 2.19. The molecule has 1 rings (SSSR count). The standard InChI is InChI=1S/C13H20N2O2.ClH/c1-13(2,3)17-11-6-4-10(5-7-11)15-12(16)8-9-14;/h4-7H,8-9,14H2,1-3H3,(H,15,16);1H. The molecule has 0 aliphatic heterocycles. The first-order valence-electron chi connectivity index (χ1n) is 5.70.